The van der Waals surface area contributed by atoms with E-state index in [2.05, 4.69) is 0 Å². The molecule has 140 valence electrons. The first-order chi connectivity index (χ1) is 12.9. The van der Waals surface area contributed by atoms with E-state index in [1.165, 1.54) is 12.1 Å². The summed E-state index contributed by atoms with van der Waals surface area (Å²) in [6.45, 7) is 1.57. The van der Waals surface area contributed by atoms with Gasteiger partial charge in [-0.3, -0.25) is 4.79 Å². The molecule has 2 N–H and O–H groups in total. The van der Waals surface area contributed by atoms with Crippen molar-refractivity contribution in [2.24, 2.45) is 0 Å². The quantitative estimate of drug-likeness (QED) is 0.724. The minimum atomic E-state index is -1.47. The highest BCUT2D eigenvalue weighted by Gasteiger charge is 2.42. The monoisotopic (exact) mass is 386 g/mol. The van der Waals surface area contributed by atoms with Crippen LogP contribution >= 0.6 is 11.3 Å². The van der Waals surface area contributed by atoms with E-state index in [9.17, 15) is 19.4 Å². The Labute approximate surface area is 159 Å². The zero-order valence-electron chi connectivity index (χ0n) is 14.6. The van der Waals surface area contributed by atoms with Crippen LogP contribution in [0.2, 0.25) is 0 Å². The molecular formula is C21H19FO4S. The van der Waals surface area contributed by atoms with E-state index in [1.807, 2.05) is 30.3 Å². The summed E-state index contributed by atoms with van der Waals surface area (Å²) < 4.78 is 21.1. The van der Waals surface area contributed by atoms with Gasteiger partial charge < -0.3 is 14.9 Å². The molecule has 1 fully saturated rings. The van der Waals surface area contributed by atoms with Crippen LogP contribution in [0.15, 0.2) is 48.5 Å². The lowest BCUT2D eigenvalue weighted by Gasteiger charge is -2.34. The second kappa shape index (κ2) is 7.13. The van der Waals surface area contributed by atoms with Gasteiger partial charge >= 0.3 is 0 Å². The Bertz CT molecular complexity index is 966. The highest BCUT2D eigenvalue weighted by atomic mass is 32.1. The maximum Gasteiger partial charge on any atom is 0.195 e. The summed E-state index contributed by atoms with van der Waals surface area (Å²) in [5.74, 6) is -1.02. The number of thiophene rings is 1. The molecule has 1 saturated heterocycles. The first kappa shape index (κ1) is 18.3. The summed E-state index contributed by atoms with van der Waals surface area (Å²) in [5, 5.41) is 21.1. The minimum absolute atomic E-state index is 0.346. The lowest BCUT2D eigenvalue weighted by atomic mass is 9.92. The third kappa shape index (κ3) is 3.41. The molecule has 1 unspecified atom stereocenters. The van der Waals surface area contributed by atoms with E-state index in [0.29, 0.717) is 17.5 Å². The van der Waals surface area contributed by atoms with Gasteiger partial charge in [0.15, 0.2) is 5.78 Å². The molecule has 4 atom stereocenters. The Morgan fingerprint density at radius 1 is 1.11 bits per heavy atom. The summed E-state index contributed by atoms with van der Waals surface area (Å²) in [5.41, 5.74) is 0.994. The molecule has 2 heterocycles. The van der Waals surface area contributed by atoms with Crippen molar-refractivity contribution in [3.8, 4) is 0 Å². The SMILES string of the molecule is C[C@H]1O[C@@H](c2ccc(F)c(Cc3cc4ccccc4s3)c2)C(O)C(=O)[C@H]1O. The van der Waals surface area contributed by atoms with Crippen molar-refractivity contribution in [2.45, 2.75) is 37.8 Å². The topological polar surface area (TPSA) is 66.8 Å². The number of carbonyl (C=O) groups is 1. The summed E-state index contributed by atoms with van der Waals surface area (Å²) >= 11 is 1.61. The van der Waals surface area contributed by atoms with Crippen LogP contribution in [0.5, 0.6) is 0 Å². The highest BCUT2D eigenvalue weighted by Crippen LogP contribution is 2.33. The number of ether oxygens (including phenoxy) is 1. The Balaban J connectivity index is 1.64. The molecule has 0 bridgehead atoms. The molecule has 0 spiro atoms. The molecule has 1 aliphatic heterocycles. The van der Waals surface area contributed by atoms with E-state index in [0.717, 1.165) is 15.0 Å². The molecule has 1 aromatic heterocycles. The number of fused-ring (bicyclic) bond motifs is 1. The zero-order chi connectivity index (χ0) is 19.1. The van der Waals surface area contributed by atoms with Crippen LogP contribution in [0.4, 0.5) is 4.39 Å². The standard InChI is InChI=1S/C21H19FO4S/c1-11-18(23)19(24)20(25)21(26-11)13-6-7-16(22)14(8-13)10-15-9-12-4-2-3-5-17(12)27-15/h2-9,11,18,20-21,23,25H,10H2,1H3/t11-,18+,20?,21+/m1/s1. The van der Waals surface area contributed by atoms with Crippen LogP contribution in [0, 0.1) is 5.82 Å². The van der Waals surface area contributed by atoms with Crippen molar-refractivity contribution in [1.82, 2.24) is 0 Å². The van der Waals surface area contributed by atoms with E-state index in [4.69, 9.17) is 4.74 Å². The van der Waals surface area contributed by atoms with Gasteiger partial charge in [-0.1, -0.05) is 24.3 Å². The van der Waals surface area contributed by atoms with Crippen LogP contribution in [-0.2, 0) is 16.0 Å². The highest BCUT2D eigenvalue weighted by molar-refractivity contribution is 7.19. The number of carbonyl (C=O) groups excluding carboxylic acids is 1. The minimum Gasteiger partial charge on any atom is -0.382 e. The number of ketones is 1. The predicted octanol–water partition coefficient (Wildman–Crippen LogP) is 3.38. The largest absolute Gasteiger partial charge is 0.382 e. The van der Waals surface area contributed by atoms with Gasteiger partial charge in [0.1, 0.15) is 24.1 Å². The molecule has 4 nitrogen and oxygen atoms in total. The number of aliphatic hydroxyl groups excluding tert-OH is 2. The summed E-state index contributed by atoms with van der Waals surface area (Å²) in [4.78, 5) is 13.0. The van der Waals surface area contributed by atoms with E-state index in [-0.39, 0.29) is 5.82 Å². The Kier molecular flexibility index (Phi) is 4.82. The van der Waals surface area contributed by atoms with Gasteiger partial charge in [0.25, 0.3) is 0 Å². The van der Waals surface area contributed by atoms with Crippen molar-refractivity contribution in [2.75, 3.05) is 0 Å². The van der Waals surface area contributed by atoms with Crippen LogP contribution in [0.1, 0.15) is 29.0 Å². The zero-order valence-corrected chi connectivity index (χ0v) is 15.4. The molecule has 0 amide bonds. The maximum absolute atomic E-state index is 14.4. The van der Waals surface area contributed by atoms with E-state index < -0.39 is 30.2 Å². The summed E-state index contributed by atoms with van der Waals surface area (Å²) in [6, 6.07) is 14.5. The normalized spacial score (nSPS) is 25.9. The number of rotatable bonds is 3. The van der Waals surface area contributed by atoms with Crippen LogP contribution in [0.3, 0.4) is 0 Å². The molecule has 1 aliphatic rings. The van der Waals surface area contributed by atoms with Crippen LogP contribution < -0.4 is 0 Å². The molecule has 0 aliphatic carbocycles. The van der Waals surface area contributed by atoms with Gasteiger partial charge in [-0.05, 0) is 47.7 Å². The van der Waals surface area contributed by atoms with Gasteiger partial charge in [-0.25, -0.2) is 4.39 Å². The maximum atomic E-state index is 14.4. The number of Topliss-reactive ketones (excluding diaryl/α,β-unsaturated/α-hetero) is 1. The van der Waals surface area contributed by atoms with Crippen molar-refractivity contribution >= 4 is 27.2 Å². The van der Waals surface area contributed by atoms with Crippen LogP contribution in [0.25, 0.3) is 10.1 Å². The second-order valence-corrected chi connectivity index (χ2v) is 8.00. The number of hydrogen-bond donors (Lipinski definition) is 2. The predicted molar refractivity (Wildman–Crippen MR) is 101 cm³/mol. The fraction of sp³-hybridized carbons (Fsp3) is 0.286. The molecule has 2 aromatic carbocycles. The van der Waals surface area contributed by atoms with Crippen molar-refractivity contribution < 1.29 is 24.1 Å². The lowest BCUT2D eigenvalue weighted by Crippen LogP contribution is -2.50. The Morgan fingerprint density at radius 2 is 1.89 bits per heavy atom. The molecule has 6 heteroatoms. The molecule has 0 radical (unpaired) electrons. The Morgan fingerprint density at radius 3 is 2.67 bits per heavy atom. The van der Waals surface area contributed by atoms with E-state index in [1.54, 1.807) is 24.3 Å². The average Bonchev–Trinajstić information content (AvgIpc) is 3.07. The van der Waals surface area contributed by atoms with Gasteiger partial charge in [0.2, 0.25) is 0 Å². The number of hydrogen-bond acceptors (Lipinski definition) is 5. The molecular weight excluding hydrogens is 367 g/mol. The average molecular weight is 386 g/mol. The summed E-state index contributed by atoms with van der Waals surface area (Å²) in [6.07, 6.45) is -4.07. The van der Waals surface area contributed by atoms with Crippen molar-refractivity contribution in [3.05, 3.63) is 70.4 Å². The van der Waals surface area contributed by atoms with Gasteiger partial charge in [-0.15, -0.1) is 11.3 Å². The molecule has 0 saturated carbocycles. The molecule has 27 heavy (non-hydrogen) atoms. The molecule has 4 rings (SSSR count). The number of benzene rings is 2. The van der Waals surface area contributed by atoms with E-state index >= 15 is 0 Å². The first-order valence-corrected chi connectivity index (χ1v) is 9.57. The lowest BCUT2D eigenvalue weighted by molar-refractivity contribution is -0.180. The third-order valence-corrected chi connectivity index (χ3v) is 6.03. The number of halogens is 1. The van der Waals surface area contributed by atoms with Crippen molar-refractivity contribution in [1.29, 1.82) is 0 Å². The van der Waals surface area contributed by atoms with Gasteiger partial charge in [0, 0.05) is 16.0 Å². The summed E-state index contributed by atoms with van der Waals surface area (Å²) in [7, 11) is 0. The fourth-order valence-electron chi connectivity index (χ4n) is 3.42. The second-order valence-electron chi connectivity index (χ2n) is 6.83. The Hall–Kier alpha value is -2.12. The van der Waals surface area contributed by atoms with Crippen LogP contribution in [-0.4, -0.2) is 34.3 Å². The van der Waals surface area contributed by atoms with Gasteiger partial charge in [0.05, 0.1) is 6.10 Å². The van der Waals surface area contributed by atoms with Gasteiger partial charge in [-0.2, -0.15) is 0 Å². The number of aliphatic hydroxyl groups is 2. The molecule has 3 aromatic rings. The fourth-order valence-corrected chi connectivity index (χ4v) is 4.50. The third-order valence-electron chi connectivity index (χ3n) is 4.92. The smallest absolute Gasteiger partial charge is 0.195 e. The van der Waals surface area contributed by atoms with Crippen molar-refractivity contribution in [3.63, 3.8) is 0 Å². The first-order valence-electron chi connectivity index (χ1n) is 8.75.